The van der Waals surface area contributed by atoms with Gasteiger partial charge in [-0.25, -0.2) is 0 Å². The molecule has 1 saturated heterocycles. The summed E-state index contributed by atoms with van der Waals surface area (Å²) in [4.78, 5) is 2.41. The second-order valence-corrected chi connectivity index (χ2v) is 4.62. The maximum absolute atomic E-state index is 5.35. The fourth-order valence-electron chi connectivity index (χ4n) is 2.14. The van der Waals surface area contributed by atoms with Gasteiger partial charge in [0.05, 0.1) is 13.2 Å². The molecule has 102 valence electrons. The van der Waals surface area contributed by atoms with E-state index in [4.69, 9.17) is 4.74 Å². The van der Waals surface area contributed by atoms with Crippen molar-refractivity contribution in [2.24, 2.45) is 0 Å². The number of hydrogen-bond acceptors (Lipinski definition) is 7. The van der Waals surface area contributed by atoms with E-state index in [0.717, 1.165) is 38.7 Å². The summed E-state index contributed by atoms with van der Waals surface area (Å²) in [5.41, 5.74) is 0.645. The van der Waals surface area contributed by atoms with E-state index in [-0.39, 0.29) is 0 Å². The van der Waals surface area contributed by atoms with E-state index in [1.54, 1.807) is 0 Å². The number of tetrazole rings is 1. The quantitative estimate of drug-likeness (QED) is 0.807. The minimum Gasteiger partial charge on any atom is -0.379 e. The van der Waals surface area contributed by atoms with Crippen LogP contribution >= 0.6 is 0 Å². The second-order valence-electron chi connectivity index (χ2n) is 4.62. The van der Waals surface area contributed by atoms with Crippen molar-refractivity contribution in [3.63, 3.8) is 0 Å². The van der Waals surface area contributed by atoms with Crippen LogP contribution in [0.1, 0.15) is 6.92 Å². The fourth-order valence-corrected chi connectivity index (χ4v) is 2.14. The van der Waals surface area contributed by atoms with Gasteiger partial charge in [0.25, 0.3) is 0 Å². The molecule has 8 heteroatoms. The Morgan fingerprint density at radius 1 is 1.37 bits per heavy atom. The van der Waals surface area contributed by atoms with Gasteiger partial charge in [-0.05, 0) is 29.5 Å². The lowest BCUT2D eigenvalue weighted by Crippen LogP contribution is -2.45. The Bertz CT molecular complexity index is 537. The lowest BCUT2D eigenvalue weighted by atomic mass is 10.2. The van der Waals surface area contributed by atoms with Gasteiger partial charge in [0.1, 0.15) is 5.82 Å². The number of hydrogen-bond donors (Lipinski definition) is 1. The highest BCUT2D eigenvalue weighted by molar-refractivity contribution is 5.42. The van der Waals surface area contributed by atoms with Crippen molar-refractivity contribution in [3.8, 4) is 0 Å². The van der Waals surface area contributed by atoms with Gasteiger partial charge in [0.15, 0.2) is 5.65 Å². The molecule has 1 aliphatic rings. The molecule has 3 heterocycles. The Kier molecular flexibility index (Phi) is 3.51. The van der Waals surface area contributed by atoms with E-state index in [1.807, 2.05) is 12.1 Å². The van der Waals surface area contributed by atoms with Crippen molar-refractivity contribution >= 4 is 11.5 Å². The molecule has 8 nitrogen and oxygen atoms in total. The highest BCUT2D eigenvalue weighted by Gasteiger charge is 2.16. The predicted molar refractivity (Wildman–Crippen MR) is 68.9 cm³/mol. The van der Waals surface area contributed by atoms with Crippen LogP contribution in [0.2, 0.25) is 0 Å². The van der Waals surface area contributed by atoms with Gasteiger partial charge < -0.3 is 10.1 Å². The standard InChI is InChI=1S/C11H17N7O/c1-9(17-4-6-19-7-5-17)8-12-10-2-3-11-13-15-16-18(11)14-10/h2-3,9H,4-8H2,1H3,(H,12,14). The number of fused-ring (bicyclic) bond motifs is 1. The molecule has 0 spiro atoms. The van der Waals surface area contributed by atoms with E-state index in [0.29, 0.717) is 11.7 Å². The molecule has 0 saturated carbocycles. The third-order valence-electron chi connectivity index (χ3n) is 3.32. The average molecular weight is 263 g/mol. The molecule has 0 radical (unpaired) electrons. The molecule has 1 N–H and O–H groups in total. The van der Waals surface area contributed by atoms with E-state index < -0.39 is 0 Å². The minimum atomic E-state index is 0.440. The topological polar surface area (TPSA) is 80.5 Å². The van der Waals surface area contributed by atoms with E-state index in [2.05, 4.69) is 37.8 Å². The van der Waals surface area contributed by atoms with Crippen molar-refractivity contribution in [1.82, 2.24) is 30.2 Å². The Morgan fingerprint density at radius 3 is 3.05 bits per heavy atom. The summed E-state index contributed by atoms with van der Waals surface area (Å²) >= 11 is 0. The van der Waals surface area contributed by atoms with Gasteiger partial charge in [-0.2, -0.15) is 0 Å². The highest BCUT2D eigenvalue weighted by atomic mass is 16.5. The number of nitrogens with zero attached hydrogens (tertiary/aromatic N) is 6. The zero-order valence-electron chi connectivity index (χ0n) is 10.9. The van der Waals surface area contributed by atoms with Crippen LogP contribution in [-0.2, 0) is 4.74 Å². The number of ether oxygens (including phenoxy) is 1. The fraction of sp³-hybridized carbons (Fsp3) is 0.636. The van der Waals surface area contributed by atoms with Crippen LogP contribution < -0.4 is 5.32 Å². The first-order valence-electron chi connectivity index (χ1n) is 6.44. The molecular weight excluding hydrogens is 246 g/mol. The number of nitrogens with one attached hydrogen (secondary N) is 1. The molecule has 19 heavy (non-hydrogen) atoms. The first-order chi connectivity index (χ1) is 9.33. The van der Waals surface area contributed by atoms with Gasteiger partial charge in [0.2, 0.25) is 0 Å². The number of anilines is 1. The lowest BCUT2D eigenvalue weighted by molar-refractivity contribution is 0.0227. The molecular formula is C11H17N7O. The number of aromatic nitrogens is 5. The van der Waals surface area contributed by atoms with Crippen LogP contribution in [0.3, 0.4) is 0 Å². The maximum atomic E-state index is 5.35. The van der Waals surface area contributed by atoms with Gasteiger partial charge in [0, 0.05) is 25.7 Å². The molecule has 1 aliphatic heterocycles. The monoisotopic (exact) mass is 263 g/mol. The third-order valence-corrected chi connectivity index (χ3v) is 3.32. The van der Waals surface area contributed by atoms with Crippen LogP contribution in [0.15, 0.2) is 12.1 Å². The maximum Gasteiger partial charge on any atom is 0.200 e. The smallest absolute Gasteiger partial charge is 0.200 e. The summed E-state index contributed by atoms with van der Waals surface area (Å²) in [7, 11) is 0. The first-order valence-corrected chi connectivity index (χ1v) is 6.44. The highest BCUT2D eigenvalue weighted by Crippen LogP contribution is 2.07. The summed E-state index contributed by atoms with van der Waals surface area (Å²) < 4.78 is 6.77. The largest absolute Gasteiger partial charge is 0.379 e. The summed E-state index contributed by atoms with van der Waals surface area (Å²) in [5, 5.41) is 18.7. The number of rotatable bonds is 4. The van der Waals surface area contributed by atoms with E-state index in [9.17, 15) is 0 Å². The molecule has 2 aromatic rings. The molecule has 1 atom stereocenters. The SMILES string of the molecule is CC(CNc1ccc2nnnn2n1)N1CCOCC1. The average Bonchev–Trinajstić information content (AvgIpc) is 2.93. The summed E-state index contributed by atoms with van der Waals surface area (Å²) in [6.07, 6.45) is 0. The summed E-state index contributed by atoms with van der Waals surface area (Å²) in [6, 6.07) is 4.17. The van der Waals surface area contributed by atoms with Gasteiger partial charge in [-0.15, -0.1) is 14.8 Å². The molecule has 3 rings (SSSR count). The van der Waals surface area contributed by atoms with Gasteiger partial charge >= 0.3 is 0 Å². The predicted octanol–water partition coefficient (Wildman–Crippen LogP) is -0.348. The zero-order valence-corrected chi connectivity index (χ0v) is 10.9. The van der Waals surface area contributed by atoms with Crippen LogP contribution in [0.4, 0.5) is 5.82 Å². The third kappa shape index (κ3) is 2.79. The van der Waals surface area contributed by atoms with Crippen molar-refractivity contribution in [2.75, 3.05) is 38.2 Å². The molecule has 1 fully saturated rings. The van der Waals surface area contributed by atoms with Crippen LogP contribution in [0.25, 0.3) is 5.65 Å². The molecule has 1 unspecified atom stereocenters. The Morgan fingerprint density at radius 2 is 2.21 bits per heavy atom. The molecule has 0 bridgehead atoms. The summed E-state index contributed by atoms with van der Waals surface area (Å²) in [6.45, 7) is 6.65. The van der Waals surface area contributed by atoms with E-state index >= 15 is 0 Å². The molecule has 0 aromatic carbocycles. The van der Waals surface area contributed by atoms with Crippen LogP contribution in [0.5, 0.6) is 0 Å². The van der Waals surface area contributed by atoms with E-state index in [1.165, 1.54) is 4.63 Å². The van der Waals surface area contributed by atoms with Crippen molar-refractivity contribution in [2.45, 2.75) is 13.0 Å². The van der Waals surface area contributed by atoms with Crippen LogP contribution in [-0.4, -0.2) is 69.0 Å². The summed E-state index contributed by atoms with van der Waals surface area (Å²) in [5.74, 6) is 0.778. The van der Waals surface area contributed by atoms with Crippen molar-refractivity contribution < 1.29 is 4.74 Å². The number of morpholine rings is 1. The van der Waals surface area contributed by atoms with Crippen molar-refractivity contribution in [3.05, 3.63) is 12.1 Å². The Labute approximate surface area is 110 Å². The Balaban J connectivity index is 1.58. The molecule has 0 aliphatic carbocycles. The normalized spacial score (nSPS) is 18.6. The van der Waals surface area contributed by atoms with Gasteiger partial charge in [-0.3, -0.25) is 4.90 Å². The van der Waals surface area contributed by atoms with Gasteiger partial charge in [-0.1, -0.05) is 0 Å². The second kappa shape index (κ2) is 5.45. The van der Waals surface area contributed by atoms with Crippen LogP contribution in [0, 0.1) is 0 Å². The Hall–Kier alpha value is -1.80. The molecule has 0 amide bonds. The lowest BCUT2D eigenvalue weighted by Gasteiger charge is -2.32. The zero-order chi connectivity index (χ0) is 13.1. The minimum absolute atomic E-state index is 0.440. The van der Waals surface area contributed by atoms with Crippen molar-refractivity contribution in [1.29, 1.82) is 0 Å². The first kappa shape index (κ1) is 12.2. The molecule has 2 aromatic heterocycles.